The summed E-state index contributed by atoms with van der Waals surface area (Å²) in [4.78, 5) is 20.5. The number of hydrogen-bond acceptors (Lipinski definition) is 5. The molecule has 0 bridgehead atoms. The summed E-state index contributed by atoms with van der Waals surface area (Å²) < 4.78 is 5.36. The molecule has 1 atom stereocenters. The van der Waals surface area contributed by atoms with Gasteiger partial charge in [-0.25, -0.2) is 4.98 Å². The summed E-state index contributed by atoms with van der Waals surface area (Å²) in [5, 5.41) is 3.16. The van der Waals surface area contributed by atoms with Gasteiger partial charge in [0.25, 0.3) is 5.91 Å². The molecule has 5 nitrogen and oxygen atoms in total. The minimum absolute atomic E-state index is 0.0623. The van der Waals surface area contributed by atoms with E-state index in [1.165, 1.54) is 10.5 Å². The van der Waals surface area contributed by atoms with E-state index >= 15 is 0 Å². The van der Waals surface area contributed by atoms with E-state index in [4.69, 9.17) is 4.74 Å². The van der Waals surface area contributed by atoms with E-state index in [-0.39, 0.29) is 11.9 Å². The van der Waals surface area contributed by atoms with Crippen molar-refractivity contribution in [2.45, 2.75) is 17.4 Å². The first-order valence-electron chi connectivity index (χ1n) is 8.62. The van der Waals surface area contributed by atoms with E-state index in [2.05, 4.69) is 27.3 Å². The van der Waals surface area contributed by atoms with Crippen LogP contribution in [0.2, 0.25) is 0 Å². The molecule has 1 saturated heterocycles. The van der Waals surface area contributed by atoms with Crippen LogP contribution in [0.15, 0.2) is 47.5 Å². The number of rotatable bonds is 3. The molecule has 6 heteroatoms. The molecule has 1 aromatic carbocycles. The Hall–Kier alpha value is -2.05. The number of anilines is 1. The van der Waals surface area contributed by atoms with Crippen LogP contribution in [0, 0.1) is 0 Å². The Balaban J connectivity index is 1.45. The number of carbonyl (C=O) groups excluding carboxylic acids is 1. The number of ether oxygens (including phenoxy) is 1. The summed E-state index contributed by atoms with van der Waals surface area (Å²) in [6, 6.07) is 12.2. The average molecular weight is 355 g/mol. The largest absolute Gasteiger partial charge is 0.378 e. The summed E-state index contributed by atoms with van der Waals surface area (Å²) in [5.74, 6) is 1.86. The van der Waals surface area contributed by atoms with Crippen molar-refractivity contribution < 1.29 is 9.53 Å². The van der Waals surface area contributed by atoms with Crippen molar-refractivity contribution in [1.29, 1.82) is 0 Å². The maximum atomic E-state index is 12.6. The molecule has 0 saturated carbocycles. The Kier molecular flexibility index (Phi) is 4.90. The standard InChI is InChI=1S/C19H21N3O2S/c23-19(21-16-7-12-25-17-4-2-1-3-15(16)17)14-5-6-18(20-13-14)22-8-10-24-11-9-22/h1-6,13,16H,7-12H2,(H,21,23). The second-order valence-corrected chi connectivity index (χ2v) is 7.34. The number of benzene rings is 1. The minimum atomic E-state index is -0.0623. The lowest BCUT2D eigenvalue weighted by molar-refractivity contribution is 0.0934. The molecule has 1 amide bonds. The summed E-state index contributed by atoms with van der Waals surface area (Å²) in [6.07, 6.45) is 2.62. The molecule has 1 aromatic heterocycles. The average Bonchev–Trinajstić information content (AvgIpc) is 2.69. The first-order valence-corrected chi connectivity index (χ1v) is 9.61. The van der Waals surface area contributed by atoms with Gasteiger partial charge in [-0.3, -0.25) is 4.79 Å². The molecule has 1 fully saturated rings. The third-order valence-electron chi connectivity index (χ3n) is 4.61. The molecule has 2 aliphatic heterocycles. The van der Waals surface area contributed by atoms with E-state index in [1.807, 2.05) is 36.0 Å². The lowest BCUT2D eigenvalue weighted by atomic mass is 10.0. The Labute approximate surface area is 151 Å². The molecule has 4 rings (SSSR count). The highest BCUT2D eigenvalue weighted by Gasteiger charge is 2.22. The van der Waals surface area contributed by atoms with Crippen molar-refractivity contribution in [2.24, 2.45) is 0 Å². The summed E-state index contributed by atoms with van der Waals surface area (Å²) in [6.45, 7) is 3.14. The van der Waals surface area contributed by atoms with Gasteiger partial charge >= 0.3 is 0 Å². The highest BCUT2D eigenvalue weighted by atomic mass is 32.2. The van der Waals surface area contributed by atoms with E-state index < -0.39 is 0 Å². The Morgan fingerprint density at radius 1 is 1.20 bits per heavy atom. The van der Waals surface area contributed by atoms with Gasteiger partial charge in [0, 0.05) is 29.9 Å². The highest BCUT2D eigenvalue weighted by Crippen LogP contribution is 2.35. The van der Waals surface area contributed by atoms with Crippen LogP contribution in [0.1, 0.15) is 28.4 Å². The van der Waals surface area contributed by atoms with E-state index in [9.17, 15) is 4.79 Å². The van der Waals surface area contributed by atoms with E-state index in [0.717, 1.165) is 44.3 Å². The van der Waals surface area contributed by atoms with Crippen molar-refractivity contribution >= 4 is 23.5 Å². The fourth-order valence-corrected chi connectivity index (χ4v) is 4.36. The fourth-order valence-electron chi connectivity index (χ4n) is 3.23. The lowest BCUT2D eigenvalue weighted by Crippen LogP contribution is -2.36. The summed E-state index contributed by atoms with van der Waals surface area (Å²) >= 11 is 1.85. The molecule has 0 radical (unpaired) electrons. The van der Waals surface area contributed by atoms with Crippen LogP contribution in [-0.2, 0) is 4.74 Å². The molecular weight excluding hydrogens is 334 g/mol. The minimum Gasteiger partial charge on any atom is -0.378 e. The van der Waals surface area contributed by atoms with Crippen molar-refractivity contribution in [2.75, 3.05) is 37.0 Å². The molecule has 25 heavy (non-hydrogen) atoms. The number of pyridine rings is 1. The number of aromatic nitrogens is 1. The lowest BCUT2D eigenvalue weighted by Gasteiger charge is -2.28. The molecule has 1 N–H and O–H groups in total. The van der Waals surface area contributed by atoms with Crippen LogP contribution < -0.4 is 10.2 Å². The monoisotopic (exact) mass is 355 g/mol. The van der Waals surface area contributed by atoms with Crippen molar-refractivity contribution in [3.63, 3.8) is 0 Å². The number of carbonyl (C=O) groups is 1. The van der Waals surface area contributed by atoms with Gasteiger partial charge in [0.15, 0.2) is 0 Å². The van der Waals surface area contributed by atoms with Crippen molar-refractivity contribution in [1.82, 2.24) is 10.3 Å². The number of thioether (sulfide) groups is 1. The van der Waals surface area contributed by atoms with Gasteiger partial charge in [-0.15, -0.1) is 11.8 Å². The smallest absolute Gasteiger partial charge is 0.253 e. The predicted octanol–water partition coefficient (Wildman–Crippen LogP) is 2.89. The SMILES string of the molecule is O=C(NC1CCSc2ccccc21)c1ccc(N2CCOCC2)nc1. The van der Waals surface area contributed by atoms with E-state index in [0.29, 0.717) is 5.56 Å². The van der Waals surface area contributed by atoms with Crippen LogP contribution in [0.3, 0.4) is 0 Å². The van der Waals surface area contributed by atoms with Crippen molar-refractivity contribution in [3.05, 3.63) is 53.7 Å². The summed E-state index contributed by atoms with van der Waals surface area (Å²) in [5.41, 5.74) is 1.82. The van der Waals surface area contributed by atoms with Crippen molar-refractivity contribution in [3.8, 4) is 0 Å². The second kappa shape index (κ2) is 7.45. The Morgan fingerprint density at radius 3 is 2.84 bits per heavy atom. The number of hydrogen-bond donors (Lipinski definition) is 1. The van der Waals surface area contributed by atoms with Crippen LogP contribution in [0.25, 0.3) is 0 Å². The number of amides is 1. The number of nitrogens with one attached hydrogen (secondary N) is 1. The van der Waals surface area contributed by atoms with Crippen LogP contribution in [-0.4, -0.2) is 42.9 Å². The number of fused-ring (bicyclic) bond motifs is 1. The van der Waals surface area contributed by atoms with Gasteiger partial charge in [0.2, 0.25) is 0 Å². The van der Waals surface area contributed by atoms with Crippen LogP contribution in [0.5, 0.6) is 0 Å². The fraction of sp³-hybridized carbons (Fsp3) is 0.368. The zero-order chi connectivity index (χ0) is 17.1. The Bertz CT molecular complexity index is 745. The van der Waals surface area contributed by atoms with Gasteiger partial charge < -0.3 is 15.0 Å². The molecule has 2 aromatic rings. The zero-order valence-electron chi connectivity index (χ0n) is 14.0. The number of morpholine rings is 1. The van der Waals surface area contributed by atoms with Crippen LogP contribution >= 0.6 is 11.8 Å². The topological polar surface area (TPSA) is 54.5 Å². The molecular formula is C19H21N3O2S. The first kappa shape index (κ1) is 16.4. The van der Waals surface area contributed by atoms with Gasteiger partial charge in [-0.05, 0) is 30.2 Å². The quantitative estimate of drug-likeness (QED) is 0.917. The molecule has 2 aliphatic rings. The third-order valence-corrected chi connectivity index (χ3v) is 5.73. The Morgan fingerprint density at radius 2 is 2.04 bits per heavy atom. The molecule has 3 heterocycles. The normalized spacial score (nSPS) is 20.0. The highest BCUT2D eigenvalue weighted by molar-refractivity contribution is 7.99. The molecule has 1 unspecified atom stereocenters. The van der Waals surface area contributed by atoms with Gasteiger partial charge in [0.1, 0.15) is 5.82 Å². The van der Waals surface area contributed by atoms with Gasteiger partial charge in [-0.1, -0.05) is 18.2 Å². The predicted molar refractivity (Wildman–Crippen MR) is 99.3 cm³/mol. The summed E-state index contributed by atoms with van der Waals surface area (Å²) in [7, 11) is 0. The van der Waals surface area contributed by atoms with Gasteiger partial charge in [-0.2, -0.15) is 0 Å². The number of nitrogens with zero attached hydrogens (tertiary/aromatic N) is 2. The molecule has 0 spiro atoms. The maximum Gasteiger partial charge on any atom is 0.253 e. The van der Waals surface area contributed by atoms with E-state index in [1.54, 1.807) is 6.20 Å². The maximum absolute atomic E-state index is 12.6. The second-order valence-electron chi connectivity index (χ2n) is 6.21. The van der Waals surface area contributed by atoms with Crippen LogP contribution in [0.4, 0.5) is 5.82 Å². The zero-order valence-corrected chi connectivity index (χ0v) is 14.8. The molecule has 0 aliphatic carbocycles. The molecule has 130 valence electrons. The first-order chi connectivity index (χ1) is 12.3. The van der Waals surface area contributed by atoms with Gasteiger partial charge in [0.05, 0.1) is 24.8 Å². The third kappa shape index (κ3) is 3.65.